The first kappa shape index (κ1) is 16.4. The van der Waals surface area contributed by atoms with Crippen molar-refractivity contribution in [1.82, 2.24) is 4.90 Å². The fourth-order valence-corrected chi connectivity index (χ4v) is 1.70. The van der Waals surface area contributed by atoms with E-state index in [4.69, 9.17) is 4.74 Å². The third-order valence-corrected chi connectivity index (χ3v) is 2.71. The van der Waals surface area contributed by atoms with Crippen LogP contribution in [0.1, 0.15) is 13.3 Å². The molecule has 0 N–H and O–H groups in total. The van der Waals surface area contributed by atoms with Crippen molar-refractivity contribution in [2.24, 2.45) is 0 Å². The molecule has 3 nitrogen and oxygen atoms in total. The Morgan fingerprint density at radius 1 is 1.11 bits per heavy atom. The number of ether oxygens (including phenoxy) is 1. The topological polar surface area (TPSA) is 29.5 Å². The van der Waals surface area contributed by atoms with Gasteiger partial charge in [0.2, 0.25) is 0 Å². The van der Waals surface area contributed by atoms with Crippen molar-refractivity contribution in [3.63, 3.8) is 0 Å². The zero-order valence-corrected chi connectivity index (χ0v) is 11.2. The lowest BCUT2D eigenvalue weighted by Gasteiger charge is -2.37. The lowest BCUT2D eigenvalue weighted by Crippen LogP contribution is -2.53. The maximum absolute atomic E-state index is 12.2. The second-order valence-electron chi connectivity index (χ2n) is 4.14. The van der Waals surface area contributed by atoms with E-state index in [0.29, 0.717) is 19.5 Å². The van der Waals surface area contributed by atoms with Crippen LogP contribution in [0.4, 0.5) is 0 Å². The predicted octanol–water partition coefficient (Wildman–Crippen LogP) is 2.72. The highest BCUT2D eigenvalue weighted by molar-refractivity contribution is 5.80. The quantitative estimate of drug-likeness (QED) is 0.440. The molecule has 100 valence electrons. The Morgan fingerprint density at radius 2 is 1.67 bits per heavy atom. The van der Waals surface area contributed by atoms with E-state index in [1.165, 1.54) is 0 Å². The summed E-state index contributed by atoms with van der Waals surface area (Å²) in [5.74, 6) is -0.286. The lowest BCUT2D eigenvalue weighted by molar-refractivity contribution is -0.155. The van der Waals surface area contributed by atoms with Gasteiger partial charge in [0.15, 0.2) is 0 Å². The monoisotopic (exact) mass is 249 g/mol. The Morgan fingerprint density at radius 3 is 2.06 bits per heavy atom. The Balaban J connectivity index is 5.08. The largest absolute Gasteiger partial charge is 0.460 e. The molecule has 0 spiro atoms. The molecule has 0 rings (SSSR count). The predicted molar refractivity (Wildman–Crippen MR) is 76.3 cm³/mol. The van der Waals surface area contributed by atoms with Crippen LogP contribution in [0.15, 0.2) is 50.6 Å². The summed E-state index contributed by atoms with van der Waals surface area (Å²) in [6.45, 7) is 17.9. The number of rotatable bonds is 10. The third kappa shape index (κ3) is 4.34. The second kappa shape index (κ2) is 8.48. The summed E-state index contributed by atoms with van der Waals surface area (Å²) in [5.41, 5.74) is -0.757. The molecule has 0 radical (unpaired) electrons. The normalized spacial score (nSPS) is 13.4. The van der Waals surface area contributed by atoms with Gasteiger partial charge in [-0.05, 0) is 13.3 Å². The Bertz CT molecular complexity index is 312. The number of hydrogen-bond acceptors (Lipinski definition) is 3. The van der Waals surface area contributed by atoms with E-state index in [9.17, 15) is 4.79 Å². The molecule has 0 amide bonds. The molecular formula is C15H23NO2. The van der Waals surface area contributed by atoms with Gasteiger partial charge in [-0.1, -0.05) is 30.9 Å². The molecular weight excluding hydrogens is 226 g/mol. The fraction of sp³-hybridized carbons (Fsp3) is 0.400. The molecule has 0 aromatic heterocycles. The summed E-state index contributed by atoms with van der Waals surface area (Å²) < 4.78 is 5.17. The van der Waals surface area contributed by atoms with Crippen LogP contribution in [0.5, 0.6) is 0 Å². The van der Waals surface area contributed by atoms with E-state index in [1.807, 2.05) is 11.8 Å². The lowest BCUT2D eigenvalue weighted by atomic mass is 9.95. The molecule has 0 aliphatic rings. The molecule has 0 heterocycles. The Kier molecular flexibility index (Phi) is 7.72. The third-order valence-electron chi connectivity index (χ3n) is 2.71. The van der Waals surface area contributed by atoms with Crippen LogP contribution in [0.25, 0.3) is 0 Å². The average Bonchev–Trinajstić information content (AvgIpc) is 2.35. The number of carbonyl (C=O) groups excluding carboxylic acids is 1. The molecule has 0 aliphatic carbocycles. The SMILES string of the molecule is C=CCOC(=O)C(C)(CC=C)N(CC=C)CC=C. The fourth-order valence-electron chi connectivity index (χ4n) is 1.70. The van der Waals surface area contributed by atoms with Gasteiger partial charge in [0.1, 0.15) is 12.1 Å². The molecule has 0 bridgehead atoms. The first-order valence-electron chi connectivity index (χ1n) is 5.92. The molecule has 0 aromatic carbocycles. The molecule has 1 atom stereocenters. The summed E-state index contributed by atoms with van der Waals surface area (Å²) >= 11 is 0. The molecule has 1 unspecified atom stereocenters. The average molecular weight is 249 g/mol. The molecule has 0 fully saturated rings. The maximum Gasteiger partial charge on any atom is 0.326 e. The highest BCUT2D eigenvalue weighted by Gasteiger charge is 2.38. The van der Waals surface area contributed by atoms with Crippen molar-refractivity contribution in [3.8, 4) is 0 Å². The van der Waals surface area contributed by atoms with Crippen LogP contribution in [0.3, 0.4) is 0 Å². The Labute approximate surface area is 110 Å². The number of esters is 1. The maximum atomic E-state index is 12.2. The van der Waals surface area contributed by atoms with E-state index in [0.717, 1.165) is 0 Å². The Hall–Kier alpha value is -1.61. The van der Waals surface area contributed by atoms with E-state index in [2.05, 4.69) is 26.3 Å². The minimum atomic E-state index is -0.757. The summed E-state index contributed by atoms with van der Waals surface area (Å²) in [6, 6.07) is 0. The smallest absolute Gasteiger partial charge is 0.326 e. The van der Waals surface area contributed by atoms with Gasteiger partial charge in [-0.3, -0.25) is 9.69 Å². The van der Waals surface area contributed by atoms with E-state index in [-0.39, 0.29) is 12.6 Å². The summed E-state index contributed by atoms with van der Waals surface area (Å²) in [5, 5.41) is 0. The molecule has 0 saturated heterocycles. The molecule has 3 heteroatoms. The standard InChI is InChI=1S/C15H23NO2/c1-6-10-15(5,14(17)18-13-9-4)16(11-7-2)12-8-3/h6-9H,1-4,10-13H2,5H3. The van der Waals surface area contributed by atoms with E-state index >= 15 is 0 Å². The van der Waals surface area contributed by atoms with Crippen LogP contribution in [0, 0.1) is 0 Å². The summed E-state index contributed by atoms with van der Waals surface area (Å²) in [7, 11) is 0. The van der Waals surface area contributed by atoms with Crippen molar-refractivity contribution in [2.75, 3.05) is 19.7 Å². The first-order valence-corrected chi connectivity index (χ1v) is 5.92. The zero-order chi connectivity index (χ0) is 14.0. The number of nitrogens with zero attached hydrogens (tertiary/aromatic N) is 1. The van der Waals surface area contributed by atoms with Gasteiger partial charge in [0.05, 0.1) is 0 Å². The van der Waals surface area contributed by atoms with Crippen LogP contribution < -0.4 is 0 Å². The van der Waals surface area contributed by atoms with Gasteiger partial charge >= 0.3 is 5.97 Å². The summed E-state index contributed by atoms with van der Waals surface area (Å²) in [6.07, 6.45) is 7.29. The second-order valence-corrected chi connectivity index (χ2v) is 4.14. The van der Waals surface area contributed by atoms with Crippen molar-refractivity contribution in [2.45, 2.75) is 18.9 Å². The van der Waals surface area contributed by atoms with Crippen molar-refractivity contribution in [3.05, 3.63) is 50.6 Å². The zero-order valence-electron chi connectivity index (χ0n) is 11.2. The van der Waals surface area contributed by atoms with E-state index in [1.54, 1.807) is 24.3 Å². The van der Waals surface area contributed by atoms with Crippen LogP contribution in [-0.4, -0.2) is 36.1 Å². The van der Waals surface area contributed by atoms with Gasteiger partial charge in [-0.15, -0.1) is 19.7 Å². The summed E-state index contributed by atoms with van der Waals surface area (Å²) in [4.78, 5) is 14.1. The minimum Gasteiger partial charge on any atom is -0.460 e. The first-order chi connectivity index (χ1) is 8.56. The van der Waals surface area contributed by atoms with Crippen molar-refractivity contribution in [1.29, 1.82) is 0 Å². The highest BCUT2D eigenvalue weighted by Crippen LogP contribution is 2.22. The van der Waals surface area contributed by atoms with Crippen LogP contribution in [-0.2, 0) is 9.53 Å². The van der Waals surface area contributed by atoms with Crippen molar-refractivity contribution >= 4 is 5.97 Å². The molecule has 0 saturated carbocycles. The number of hydrogen-bond donors (Lipinski definition) is 0. The van der Waals surface area contributed by atoms with Gasteiger partial charge in [0, 0.05) is 13.1 Å². The molecule has 0 aliphatic heterocycles. The van der Waals surface area contributed by atoms with Crippen molar-refractivity contribution < 1.29 is 9.53 Å². The van der Waals surface area contributed by atoms with Gasteiger partial charge < -0.3 is 4.74 Å². The molecule has 18 heavy (non-hydrogen) atoms. The van der Waals surface area contributed by atoms with Gasteiger partial charge in [0.25, 0.3) is 0 Å². The van der Waals surface area contributed by atoms with Gasteiger partial charge in [-0.25, -0.2) is 0 Å². The highest BCUT2D eigenvalue weighted by atomic mass is 16.5. The van der Waals surface area contributed by atoms with Crippen LogP contribution >= 0.6 is 0 Å². The molecule has 0 aromatic rings. The number of carbonyl (C=O) groups is 1. The minimum absolute atomic E-state index is 0.210. The van der Waals surface area contributed by atoms with E-state index < -0.39 is 5.54 Å². The van der Waals surface area contributed by atoms with Crippen LogP contribution in [0.2, 0.25) is 0 Å². The van der Waals surface area contributed by atoms with Gasteiger partial charge in [-0.2, -0.15) is 0 Å².